The van der Waals surface area contributed by atoms with E-state index in [2.05, 4.69) is 43.0 Å². The van der Waals surface area contributed by atoms with Crippen molar-refractivity contribution < 1.29 is 19.1 Å². The van der Waals surface area contributed by atoms with Gasteiger partial charge < -0.3 is 30.3 Å². The fourth-order valence-corrected chi connectivity index (χ4v) is 5.51. The first-order valence-electron chi connectivity index (χ1n) is 15.1. The van der Waals surface area contributed by atoms with Crippen LogP contribution in [-0.2, 0) is 27.3 Å². The number of benzene rings is 1. The van der Waals surface area contributed by atoms with Crippen LogP contribution < -0.4 is 20.9 Å². The molecule has 43 heavy (non-hydrogen) atoms. The van der Waals surface area contributed by atoms with E-state index in [-0.39, 0.29) is 19.3 Å². The highest BCUT2D eigenvalue weighted by Gasteiger charge is 2.27. The van der Waals surface area contributed by atoms with Crippen molar-refractivity contribution in [1.82, 2.24) is 20.3 Å². The summed E-state index contributed by atoms with van der Waals surface area (Å²) in [5, 5.41) is 9.31. The van der Waals surface area contributed by atoms with Crippen LogP contribution in [0.5, 0.6) is 0 Å². The third-order valence-electron chi connectivity index (χ3n) is 7.80. The number of pyridine rings is 1. The van der Waals surface area contributed by atoms with E-state index in [1.165, 1.54) is 11.9 Å². The molecule has 1 fully saturated rings. The van der Waals surface area contributed by atoms with Gasteiger partial charge in [0, 0.05) is 43.4 Å². The average molecular weight is 588 g/mol. The molecule has 11 heteroatoms. The highest BCUT2D eigenvalue weighted by molar-refractivity contribution is 5.82. The van der Waals surface area contributed by atoms with Gasteiger partial charge >= 0.3 is 12.1 Å². The van der Waals surface area contributed by atoms with Crippen molar-refractivity contribution >= 4 is 29.5 Å². The lowest BCUT2D eigenvalue weighted by atomic mass is 9.92. The molecule has 4 heterocycles. The molecule has 0 aliphatic carbocycles. The summed E-state index contributed by atoms with van der Waals surface area (Å²) in [6, 6.07) is 12.8. The number of ether oxygens (including phenoxy) is 2. The Labute approximate surface area is 252 Å². The highest BCUT2D eigenvalue weighted by Crippen LogP contribution is 2.33. The minimum Gasteiger partial charge on any atom is -0.461 e. The molecule has 1 atom stereocenters. The van der Waals surface area contributed by atoms with Crippen LogP contribution in [0.25, 0.3) is 0 Å². The first-order chi connectivity index (χ1) is 20.9. The third kappa shape index (κ3) is 7.91. The number of anilines is 3. The molecule has 2 aromatic heterocycles. The zero-order valence-electron chi connectivity index (χ0n) is 25.1. The van der Waals surface area contributed by atoms with Crippen LogP contribution in [0.3, 0.4) is 0 Å². The van der Waals surface area contributed by atoms with Gasteiger partial charge in [-0.05, 0) is 63.6 Å². The van der Waals surface area contributed by atoms with Crippen LogP contribution in [0.1, 0.15) is 61.4 Å². The number of carbonyl (C=O) groups excluding carboxylic acids is 2. The first-order valence-corrected chi connectivity index (χ1v) is 15.1. The smallest absolute Gasteiger partial charge is 0.408 e. The van der Waals surface area contributed by atoms with Gasteiger partial charge in [-0.1, -0.05) is 36.4 Å². The molecule has 1 unspecified atom stereocenters. The Bertz CT molecular complexity index is 1390. The number of nitrogens with one attached hydrogen (secondary N) is 3. The maximum atomic E-state index is 12.8. The Morgan fingerprint density at radius 3 is 2.65 bits per heavy atom. The Morgan fingerprint density at radius 2 is 1.88 bits per heavy atom. The van der Waals surface area contributed by atoms with Crippen LogP contribution >= 0.6 is 0 Å². The lowest BCUT2D eigenvalue weighted by Gasteiger charge is -2.34. The largest absolute Gasteiger partial charge is 0.461 e. The summed E-state index contributed by atoms with van der Waals surface area (Å²) in [6.07, 6.45) is 4.69. The van der Waals surface area contributed by atoms with E-state index in [1.807, 2.05) is 37.3 Å². The van der Waals surface area contributed by atoms with Gasteiger partial charge in [0.1, 0.15) is 36.4 Å². The van der Waals surface area contributed by atoms with Crippen molar-refractivity contribution in [2.24, 2.45) is 0 Å². The number of nitrogens with zero attached hydrogens (tertiary/aromatic N) is 4. The molecule has 0 spiro atoms. The van der Waals surface area contributed by atoms with Crippen molar-refractivity contribution in [3.8, 4) is 0 Å². The number of piperidine rings is 1. The van der Waals surface area contributed by atoms with E-state index in [4.69, 9.17) is 14.5 Å². The third-order valence-corrected chi connectivity index (χ3v) is 7.80. The fourth-order valence-electron chi connectivity index (χ4n) is 5.51. The molecule has 228 valence electrons. The van der Waals surface area contributed by atoms with Gasteiger partial charge in [0.05, 0.1) is 6.10 Å². The summed E-state index contributed by atoms with van der Waals surface area (Å²) < 4.78 is 10.7. The van der Waals surface area contributed by atoms with Crippen LogP contribution in [0.2, 0.25) is 0 Å². The molecule has 0 saturated carbocycles. The van der Waals surface area contributed by atoms with Crippen LogP contribution in [0.4, 0.5) is 22.2 Å². The molecular weight excluding hydrogens is 546 g/mol. The Morgan fingerprint density at radius 1 is 1.09 bits per heavy atom. The monoisotopic (exact) mass is 587 g/mol. The maximum Gasteiger partial charge on any atom is 0.408 e. The van der Waals surface area contributed by atoms with E-state index in [1.54, 1.807) is 13.8 Å². The number of aromatic nitrogens is 3. The molecule has 1 saturated heterocycles. The van der Waals surface area contributed by atoms with E-state index < -0.39 is 18.1 Å². The molecule has 1 amide bonds. The average Bonchev–Trinajstić information content (AvgIpc) is 3.02. The minimum absolute atomic E-state index is 0.0728. The summed E-state index contributed by atoms with van der Waals surface area (Å²) in [5.74, 6) is 2.34. The zero-order chi connectivity index (χ0) is 30.2. The van der Waals surface area contributed by atoms with Crippen LogP contribution in [-0.4, -0.2) is 65.3 Å². The minimum atomic E-state index is -0.974. The molecule has 0 radical (unpaired) electrons. The van der Waals surface area contributed by atoms with Crippen molar-refractivity contribution in [3.05, 3.63) is 71.2 Å². The normalized spacial score (nSPS) is 15.7. The number of alkyl carbamates (subject to hydrolysis) is 1. The molecule has 2 aliphatic heterocycles. The second-order valence-corrected chi connectivity index (χ2v) is 11.3. The van der Waals surface area contributed by atoms with Crippen molar-refractivity contribution in [3.63, 3.8) is 0 Å². The van der Waals surface area contributed by atoms with Gasteiger partial charge in [-0.3, -0.25) is 0 Å². The number of carbonyl (C=O) groups is 2. The molecule has 3 aromatic rings. The quantitative estimate of drug-likeness (QED) is 0.290. The van der Waals surface area contributed by atoms with E-state index >= 15 is 0 Å². The zero-order valence-corrected chi connectivity index (χ0v) is 25.1. The van der Waals surface area contributed by atoms with Gasteiger partial charge in [0.25, 0.3) is 0 Å². The SMILES string of the molecule is Cc1c(NCC(NC(=O)OCc2ccccc2)C(=O)OC(C)C)ncnc1N1CCC(c2ccc3c(n2)NCCC3)CC1. The van der Waals surface area contributed by atoms with Crippen LogP contribution in [0.15, 0.2) is 48.8 Å². The predicted molar refractivity (Wildman–Crippen MR) is 165 cm³/mol. The fraction of sp³-hybridized carbons (Fsp3) is 0.469. The van der Waals surface area contributed by atoms with Crippen molar-refractivity contribution in [2.75, 3.05) is 41.7 Å². The molecule has 5 rings (SSSR count). The second kappa shape index (κ2) is 14.2. The summed E-state index contributed by atoms with van der Waals surface area (Å²) in [4.78, 5) is 41.6. The first kappa shape index (κ1) is 30.1. The number of amides is 1. The highest BCUT2D eigenvalue weighted by atomic mass is 16.6. The molecule has 1 aromatic carbocycles. The molecule has 3 N–H and O–H groups in total. The van der Waals surface area contributed by atoms with E-state index in [9.17, 15) is 9.59 Å². The number of fused-ring (bicyclic) bond motifs is 1. The Hall–Kier alpha value is -4.41. The number of hydrogen-bond acceptors (Lipinski definition) is 10. The van der Waals surface area contributed by atoms with Crippen molar-refractivity contribution in [2.45, 2.75) is 71.1 Å². The van der Waals surface area contributed by atoms with Crippen molar-refractivity contribution in [1.29, 1.82) is 0 Å². The lowest BCUT2D eigenvalue weighted by molar-refractivity contribution is -0.149. The van der Waals surface area contributed by atoms with Gasteiger partial charge in [-0.2, -0.15) is 0 Å². The number of esters is 1. The molecular formula is C32H41N7O4. The summed E-state index contributed by atoms with van der Waals surface area (Å²) in [7, 11) is 0. The van der Waals surface area contributed by atoms with E-state index in [0.717, 1.165) is 73.8 Å². The van der Waals surface area contributed by atoms with Gasteiger partial charge in [0.2, 0.25) is 0 Å². The summed E-state index contributed by atoms with van der Waals surface area (Å²) >= 11 is 0. The lowest BCUT2D eigenvalue weighted by Crippen LogP contribution is -2.47. The molecule has 0 bridgehead atoms. The van der Waals surface area contributed by atoms with Crippen LogP contribution in [0, 0.1) is 6.92 Å². The predicted octanol–water partition coefficient (Wildman–Crippen LogP) is 4.58. The molecule has 11 nitrogen and oxygen atoms in total. The Kier molecular flexibility index (Phi) is 9.91. The van der Waals surface area contributed by atoms with Gasteiger partial charge in [0.15, 0.2) is 0 Å². The topological polar surface area (TPSA) is 131 Å². The second-order valence-electron chi connectivity index (χ2n) is 11.3. The summed E-state index contributed by atoms with van der Waals surface area (Å²) in [6.45, 7) is 8.35. The number of rotatable bonds is 10. The number of hydrogen-bond donors (Lipinski definition) is 3. The molecule has 2 aliphatic rings. The maximum absolute atomic E-state index is 12.8. The summed E-state index contributed by atoms with van der Waals surface area (Å²) in [5.41, 5.74) is 4.19. The van der Waals surface area contributed by atoms with E-state index in [0.29, 0.717) is 11.7 Å². The van der Waals surface area contributed by atoms with Gasteiger partial charge in [-0.15, -0.1) is 0 Å². The van der Waals surface area contributed by atoms with Gasteiger partial charge in [-0.25, -0.2) is 24.5 Å². The number of aryl methyl sites for hydroxylation is 1. The Balaban J connectivity index is 1.19. The standard InChI is InChI=1S/C32H41N7O4/c1-21(2)43-31(40)27(38-32(41)42-19-23-8-5-4-6-9-23)18-34-28-22(3)30(36-20-35-28)39-16-13-24(14-17-39)26-12-11-25-10-7-15-33-29(25)37-26/h4-6,8-9,11-12,20-21,24,27H,7,10,13-19H2,1-3H3,(H,33,37)(H,38,41)(H,34,35,36).